The predicted octanol–water partition coefficient (Wildman–Crippen LogP) is 2.26. The Hall–Kier alpha value is -2.08. The number of imidazole rings is 1. The van der Waals surface area contributed by atoms with Crippen LogP contribution >= 0.6 is 11.3 Å². The Bertz CT molecular complexity index is 640. The average Bonchev–Trinajstić information content (AvgIpc) is 2.85. The molecule has 0 atom stereocenters. The summed E-state index contributed by atoms with van der Waals surface area (Å²) in [6.07, 6.45) is 1.70. The molecule has 2 heterocycles. The van der Waals surface area contributed by atoms with Gasteiger partial charge in [-0.1, -0.05) is 29.0 Å². The summed E-state index contributed by atoms with van der Waals surface area (Å²) in [6, 6.07) is 7.94. The van der Waals surface area contributed by atoms with E-state index in [4.69, 9.17) is 10.5 Å². The largest absolute Gasteiger partial charge is 0.486 e. The number of nitrogens with two attached hydrogens (primary N) is 1. The van der Waals surface area contributed by atoms with Crippen LogP contribution in [0.25, 0.3) is 4.96 Å². The fourth-order valence-electron chi connectivity index (χ4n) is 1.60. The molecule has 6 heteroatoms. The molecule has 1 aromatic carbocycles. The number of hydrogen-bond acceptors (Lipinski definition) is 5. The Labute approximate surface area is 108 Å². The van der Waals surface area contributed by atoms with Crippen molar-refractivity contribution in [2.24, 2.45) is 0 Å². The van der Waals surface area contributed by atoms with Crippen molar-refractivity contribution >= 4 is 22.1 Å². The summed E-state index contributed by atoms with van der Waals surface area (Å²) < 4.78 is 7.33. The predicted molar refractivity (Wildman–Crippen MR) is 70.8 cm³/mol. The first-order chi connectivity index (χ1) is 8.70. The average molecular weight is 260 g/mol. The number of fused-ring (bicyclic) bond motifs is 1. The third-order valence-electron chi connectivity index (χ3n) is 2.49. The van der Waals surface area contributed by atoms with Crippen molar-refractivity contribution in [3.8, 4) is 5.75 Å². The number of rotatable bonds is 3. The van der Waals surface area contributed by atoms with Crippen molar-refractivity contribution in [3.05, 3.63) is 41.0 Å². The smallest absolute Gasteiger partial charge is 0.214 e. The molecule has 2 N–H and O–H groups in total. The molecule has 92 valence electrons. The highest BCUT2D eigenvalue weighted by molar-refractivity contribution is 7.16. The molecule has 0 saturated heterocycles. The monoisotopic (exact) mass is 260 g/mol. The van der Waals surface area contributed by atoms with Gasteiger partial charge in [0.1, 0.15) is 18.2 Å². The maximum atomic E-state index is 5.65. The minimum atomic E-state index is 0.441. The Morgan fingerprint density at radius 3 is 2.83 bits per heavy atom. The zero-order valence-electron chi connectivity index (χ0n) is 9.83. The maximum absolute atomic E-state index is 5.65. The molecule has 3 aromatic rings. The lowest BCUT2D eigenvalue weighted by Gasteiger charge is -2.03. The van der Waals surface area contributed by atoms with Crippen molar-refractivity contribution in [2.45, 2.75) is 13.5 Å². The quantitative estimate of drug-likeness (QED) is 0.784. The molecule has 2 aromatic heterocycles. The van der Waals surface area contributed by atoms with Crippen LogP contribution in [0, 0.1) is 6.92 Å². The number of aryl methyl sites for hydroxylation is 1. The first kappa shape index (κ1) is 11.0. The van der Waals surface area contributed by atoms with Crippen LogP contribution in [0.4, 0.5) is 5.82 Å². The Kier molecular flexibility index (Phi) is 2.64. The molecule has 0 bridgehead atoms. The summed E-state index contributed by atoms with van der Waals surface area (Å²) in [4.78, 5) is 4.93. The summed E-state index contributed by atoms with van der Waals surface area (Å²) in [6.45, 7) is 2.49. The van der Waals surface area contributed by atoms with Crippen LogP contribution in [0.5, 0.6) is 5.75 Å². The van der Waals surface area contributed by atoms with Crippen LogP contribution in [-0.4, -0.2) is 14.6 Å². The molecule has 0 fully saturated rings. The minimum absolute atomic E-state index is 0.441. The SMILES string of the molecule is Cc1ccc(OCc2nn3cc(N)nc3s2)cc1. The second-order valence-electron chi connectivity index (χ2n) is 3.99. The van der Waals surface area contributed by atoms with Gasteiger partial charge in [0.05, 0.1) is 6.20 Å². The highest BCUT2D eigenvalue weighted by Gasteiger charge is 2.07. The van der Waals surface area contributed by atoms with Gasteiger partial charge in [0.2, 0.25) is 4.96 Å². The molecule has 18 heavy (non-hydrogen) atoms. The molecule has 5 nitrogen and oxygen atoms in total. The van der Waals surface area contributed by atoms with Crippen LogP contribution in [0.3, 0.4) is 0 Å². The van der Waals surface area contributed by atoms with Crippen molar-refractivity contribution in [1.82, 2.24) is 14.6 Å². The number of nitrogens with zero attached hydrogens (tertiary/aromatic N) is 3. The highest BCUT2D eigenvalue weighted by Crippen LogP contribution is 2.18. The van der Waals surface area contributed by atoms with Crippen molar-refractivity contribution in [3.63, 3.8) is 0 Å². The van der Waals surface area contributed by atoms with E-state index in [2.05, 4.69) is 10.1 Å². The van der Waals surface area contributed by atoms with Gasteiger partial charge in [-0.3, -0.25) is 0 Å². The van der Waals surface area contributed by atoms with E-state index in [0.29, 0.717) is 12.4 Å². The van der Waals surface area contributed by atoms with Crippen LogP contribution in [0.15, 0.2) is 30.5 Å². The highest BCUT2D eigenvalue weighted by atomic mass is 32.1. The first-order valence-corrected chi connectivity index (χ1v) is 6.32. The topological polar surface area (TPSA) is 65.4 Å². The number of ether oxygens (including phenoxy) is 1. The van der Waals surface area contributed by atoms with Gasteiger partial charge in [0.25, 0.3) is 0 Å². The molecular weight excluding hydrogens is 248 g/mol. The minimum Gasteiger partial charge on any atom is -0.486 e. The lowest BCUT2D eigenvalue weighted by atomic mass is 10.2. The normalized spacial score (nSPS) is 10.9. The maximum Gasteiger partial charge on any atom is 0.214 e. The van der Waals surface area contributed by atoms with E-state index in [1.807, 2.05) is 31.2 Å². The fourth-order valence-corrected chi connectivity index (χ4v) is 2.39. The molecular formula is C12H12N4OS. The van der Waals surface area contributed by atoms with Crippen LogP contribution in [-0.2, 0) is 6.61 Å². The first-order valence-electron chi connectivity index (χ1n) is 5.51. The van der Waals surface area contributed by atoms with E-state index in [1.165, 1.54) is 16.9 Å². The van der Waals surface area contributed by atoms with E-state index in [-0.39, 0.29) is 0 Å². The van der Waals surface area contributed by atoms with E-state index in [1.54, 1.807) is 10.7 Å². The van der Waals surface area contributed by atoms with Crippen LogP contribution in [0.1, 0.15) is 10.6 Å². The third kappa shape index (κ3) is 2.14. The number of anilines is 1. The lowest BCUT2D eigenvalue weighted by molar-refractivity contribution is 0.304. The summed E-state index contributed by atoms with van der Waals surface area (Å²) in [5.74, 6) is 1.33. The number of hydrogen-bond donors (Lipinski definition) is 1. The molecule has 0 aliphatic carbocycles. The second-order valence-corrected chi connectivity index (χ2v) is 5.03. The van der Waals surface area contributed by atoms with Gasteiger partial charge in [-0.05, 0) is 19.1 Å². The van der Waals surface area contributed by atoms with E-state index < -0.39 is 0 Å². The number of benzene rings is 1. The molecule has 0 amide bonds. The third-order valence-corrected chi connectivity index (χ3v) is 3.38. The second kappa shape index (κ2) is 4.30. The van der Waals surface area contributed by atoms with Crippen molar-refractivity contribution in [2.75, 3.05) is 5.73 Å². The lowest BCUT2D eigenvalue weighted by Crippen LogP contribution is -1.96. The summed E-state index contributed by atoms with van der Waals surface area (Å²) in [5.41, 5.74) is 6.78. The van der Waals surface area contributed by atoms with E-state index >= 15 is 0 Å². The molecule has 0 aliphatic rings. The summed E-state index contributed by atoms with van der Waals surface area (Å²) in [7, 11) is 0. The van der Waals surface area contributed by atoms with Gasteiger partial charge >= 0.3 is 0 Å². The number of aromatic nitrogens is 3. The molecule has 0 unspecified atom stereocenters. The fraction of sp³-hybridized carbons (Fsp3) is 0.167. The van der Waals surface area contributed by atoms with Crippen LogP contribution in [0.2, 0.25) is 0 Å². The van der Waals surface area contributed by atoms with Gasteiger partial charge in [-0.25, -0.2) is 9.50 Å². The molecule has 0 radical (unpaired) electrons. The molecule has 3 rings (SSSR count). The van der Waals surface area contributed by atoms with Gasteiger partial charge < -0.3 is 10.5 Å². The van der Waals surface area contributed by atoms with Crippen LogP contribution < -0.4 is 10.5 Å². The summed E-state index contributed by atoms with van der Waals surface area (Å²) >= 11 is 1.48. The zero-order valence-corrected chi connectivity index (χ0v) is 10.6. The zero-order chi connectivity index (χ0) is 12.5. The van der Waals surface area contributed by atoms with Crippen molar-refractivity contribution < 1.29 is 4.74 Å². The van der Waals surface area contributed by atoms with Gasteiger partial charge in [0, 0.05) is 0 Å². The van der Waals surface area contributed by atoms with Gasteiger partial charge in [-0.15, -0.1) is 0 Å². The van der Waals surface area contributed by atoms with Crippen molar-refractivity contribution in [1.29, 1.82) is 0 Å². The Balaban J connectivity index is 1.72. The van der Waals surface area contributed by atoms with Gasteiger partial charge in [-0.2, -0.15) is 5.10 Å². The molecule has 0 spiro atoms. The Morgan fingerprint density at radius 2 is 2.11 bits per heavy atom. The van der Waals surface area contributed by atoms with E-state index in [0.717, 1.165) is 15.7 Å². The number of nitrogen functional groups attached to an aromatic ring is 1. The Morgan fingerprint density at radius 1 is 1.33 bits per heavy atom. The standard InChI is InChI=1S/C12H12N4OS/c1-8-2-4-9(5-3-8)17-7-11-15-16-6-10(13)14-12(16)18-11/h2-6H,7,13H2,1H3. The van der Waals surface area contributed by atoms with E-state index in [9.17, 15) is 0 Å². The molecule has 0 aliphatic heterocycles. The molecule has 0 saturated carbocycles. The summed E-state index contributed by atoms with van der Waals surface area (Å²) in [5, 5.41) is 5.21. The van der Waals surface area contributed by atoms with Gasteiger partial charge in [0.15, 0.2) is 5.01 Å².